The summed E-state index contributed by atoms with van der Waals surface area (Å²) in [5.74, 6) is 0. The van der Waals surface area contributed by atoms with Gasteiger partial charge in [-0.25, -0.2) is 4.79 Å². The van der Waals surface area contributed by atoms with E-state index in [2.05, 4.69) is 18.8 Å². The number of aromatic amines is 1. The molecule has 0 aliphatic carbocycles. The van der Waals surface area contributed by atoms with E-state index in [1.807, 2.05) is 19.1 Å². The molecule has 0 radical (unpaired) electrons. The van der Waals surface area contributed by atoms with Gasteiger partial charge >= 0.3 is 5.69 Å². The van der Waals surface area contributed by atoms with Gasteiger partial charge < -0.3 is 5.73 Å². The minimum absolute atomic E-state index is 0.136. The number of thioether (sulfide) groups is 1. The second-order valence-electron chi connectivity index (χ2n) is 6.01. The van der Waals surface area contributed by atoms with Crippen molar-refractivity contribution in [3.63, 3.8) is 0 Å². The van der Waals surface area contributed by atoms with Crippen molar-refractivity contribution in [3.8, 4) is 0 Å². The number of aryl methyl sites for hydroxylation is 1. The lowest BCUT2D eigenvalue weighted by molar-refractivity contribution is 0.703. The van der Waals surface area contributed by atoms with Crippen LogP contribution in [0, 0.1) is 6.92 Å². The molecule has 0 unspecified atom stereocenters. The first-order chi connectivity index (χ1) is 10.7. The van der Waals surface area contributed by atoms with Gasteiger partial charge in [-0.05, 0) is 44.0 Å². The van der Waals surface area contributed by atoms with Crippen molar-refractivity contribution in [2.75, 3.05) is 6.54 Å². The Bertz CT molecular complexity index is 827. The van der Waals surface area contributed by atoms with Crippen LogP contribution >= 0.6 is 23.4 Å². The number of H-pyrrole nitrogens is 1. The lowest BCUT2D eigenvalue weighted by atomic mass is 10.1. The number of rotatable bonds is 5. The zero-order valence-corrected chi connectivity index (χ0v) is 14.9. The smallest absolute Gasteiger partial charge is 0.328 e. The first-order valence-electron chi connectivity index (χ1n) is 7.20. The summed E-state index contributed by atoms with van der Waals surface area (Å²) in [5, 5.41) is 0.616. The van der Waals surface area contributed by atoms with Gasteiger partial charge in [-0.15, -0.1) is 11.8 Å². The number of hydrogen-bond acceptors (Lipinski definition) is 4. The van der Waals surface area contributed by atoms with Crippen LogP contribution in [-0.2, 0) is 6.54 Å². The summed E-state index contributed by atoms with van der Waals surface area (Å²) in [6, 6.07) is 5.08. The summed E-state index contributed by atoms with van der Waals surface area (Å²) in [5.41, 5.74) is 6.95. The zero-order chi connectivity index (χ0) is 17.2. The van der Waals surface area contributed by atoms with Crippen LogP contribution < -0.4 is 17.0 Å². The van der Waals surface area contributed by atoms with Gasteiger partial charge in [0.2, 0.25) is 0 Å². The Morgan fingerprint density at radius 3 is 2.65 bits per heavy atom. The molecule has 1 aromatic heterocycles. The highest BCUT2D eigenvalue weighted by atomic mass is 35.5. The minimum Gasteiger partial charge on any atom is -0.329 e. The fourth-order valence-electron chi connectivity index (χ4n) is 2.13. The maximum Gasteiger partial charge on any atom is 0.328 e. The second kappa shape index (κ2) is 6.95. The molecule has 7 heteroatoms. The predicted octanol–water partition coefficient (Wildman–Crippen LogP) is 2.38. The summed E-state index contributed by atoms with van der Waals surface area (Å²) < 4.78 is 1.31. The Kier molecular flexibility index (Phi) is 5.39. The van der Waals surface area contributed by atoms with Crippen LogP contribution in [0.15, 0.2) is 38.9 Å². The normalized spacial score (nSPS) is 11.7. The van der Waals surface area contributed by atoms with Crippen molar-refractivity contribution in [2.24, 2.45) is 5.73 Å². The van der Waals surface area contributed by atoms with Crippen LogP contribution in [0.3, 0.4) is 0 Å². The van der Waals surface area contributed by atoms with E-state index in [0.29, 0.717) is 18.1 Å². The molecule has 23 heavy (non-hydrogen) atoms. The van der Waals surface area contributed by atoms with Gasteiger partial charge in [-0.3, -0.25) is 14.3 Å². The highest BCUT2D eigenvalue weighted by molar-refractivity contribution is 8.00. The number of nitrogens with zero attached hydrogens (tertiary/aromatic N) is 1. The lowest BCUT2D eigenvalue weighted by Gasteiger charge is -2.25. The van der Waals surface area contributed by atoms with E-state index in [4.69, 9.17) is 17.3 Å². The van der Waals surface area contributed by atoms with Gasteiger partial charge in [-0.1, -0.05) is 11.6 Å². The number of benzene rings is 1. The molecule has 3 N–H and O–H groups in total. The molecule has 1 aromatic carbocycles. The van der Waals surface area contributed by atoms with Gasteiger partial charge in [0.1, 0.15) is 0 Å². The second-order valence-corrected chi connectivity index (χ2v) is 8.17. The lowest BCUT2D eigenvalue weighted by Crippen LogP contribution is -2.29. The summed E-state index contributed by atoms with van der Waals surface area (Å²) in [7, 11) is 0. The third-order valence-electron chi connectivity index (χ3n) is 3.42. The maximum atomic E-state index is 11.9. The van der Waals surface area contributed by atoms with Crippen molar-refractivity contribution in [3.05, 3.63) is 61.4 Å². The standard InChI is InChI=1S/C16H20ClN3O2S/c1-10-6-12(17)7-11(14(10)23-16(2,3)9-18)8-20-5-4-13(21)19-15(20)22/h4-7H,8-9,18H2,1-3H3,(H,19,21,22). The molecule has 124 valence electrons. The molecule has 0 bridgehead atoms. The molecule has 0 amide bonds. The van der Waals surface area contributed by atoms with Crippen LogP contribution in [0.25, 0.3) is 0 Å². The average Bonchev–Trinajstić information content (AvgIpc) is 2.45. The number of nitrogens with two attached hydrogens (primary N) is 1. The van der Waals surface area contributed by atoms with Crippen molar-refractivity contribution < 1.29 is 0 Å². The Hall–Kier alpha value is -1.50. The molecule has 0 fully saturated rings. The van der Waals surface area contributed by atoms with E-state index in [1.165, 1.54) is 16.8 Å². The Balaban J connectivity index is 2.48. The predicted molar refractivity (Wildman–Crippen MR) is 95.6 cm³/mol. The van der Waals surface area contributed by atoms with E-state index in [1.54, 1.807) is 11.8 Å². The number of aromatic nitrogens is 2. The SMILES string of the molecule is Cc1cc(Cl)cc(Cn2ccc(=O)[nH]c2=O)c1SC(C)(C)CN. The Morgan fingerprint density at radius 2 is 2.04 bits per heavy atom. The number of halogens is 1. The summed E-state index contributed by atoms with van der Waals surface area (Å²) >= 11 is 7.84. The van der Waals surface area contributed by atoms with Gasteiger partial charge in [-0.2, -0.15) is 0 Å². The van der Waals surface area contributed by atoms with E-state index < -0.39 is 11.2 Å². The quantitative estimate of drug-likeness (QED) is 0.809. The van der Waals surface area contributed by atoms with Crippen molar-refractivity contribution in [1.82, 2.24) is 9.55 Å². The Labute approximate surface area is 143 Å². The molecule has 0 saturated carbocycles. The van der Waals surface area contributed by atoms with Crippen LogP contribution in [0.4, 0.5) is 0 Å². The van der Waals surface area contributed by atoms with Gasteiger partial charge in [0, 0.05) is 33.5 Å². The van der Waals surface area contributed by atoms with E-state index in [0.717, 1.165) is 16.0 Å². The molecule has 2 aromatic rings. The molecule has 0 atom stereocenters. The third-order valence-corrected chi connectivity index (χ3v) is 5.15. The van der Waals surface area contributed by atoms with E-state index in [-0.39, 0.29) is 4.75 Å². The van der Waals surface area contributed by atoms with Crippen LogP contribution in [0.1, 0.15) is 25.0 Å². The first-order valence-corrected chi connectivity index (χ1v) is 8.39. The first kappa shape index (κ1) is 17.8. The molecule has 1 heterocycles. The summed E-state index contributed by atoms with van der Waals surface area (Å²) in [6.45, 7) is 6.99. The van der Waals surface area contributed by atoms with Crippen molar-refractivity contribution >= 4 is 23.4 Å². The van der Waals surface area contributed by atoms with Gasteiger partial charge in [0.05, 0.1) is 6.54 Å². The highest BCUT2D eigenvalue weighted by Gasteiger charge is 2.21. The fraction of sp³-hybridized carbons (Fsp3) is 0.375. The fourth-order valence-corrected chi connectivity index (χ4v) is 3.54. The Morgan fingerprint density at radius 1 is 1.35 bits per heavy atom. The molecular weight excluding hydrogens is 334 g/mol. The van der Waals surface area contributed by atoms with Crippen LogP contribution in [0.5, 0.6) is 0 Å². The molecule has 0 spiro atoms. The maximum absolute atomic E-state index is 11.9. The summed E-state index contributed by atoms with van der Waals surface area (Å²) in [6.07, 6.45) is 1.49. The van der Waals surface area contributed by atoms with E-state index in [9.17, 15) is 9.59 Å². The molecule has 0 saturated heterocycles. The third kappa shape index (κ3) is 4.50. The molecular formula is C16H20ClN3O2S. The number of hydrogen-bond donors (Lipinski definition) is 2. The minimum atomic E-state index is -0.441. The molecule has 5 nitrogen and oxygen atoms in total. The van der Waals surface area contributed by atoms with Gasteiger partial charge in [0.25, 0.3) is 5.56 Å². The average molecular weight is 354 g/mol. The summed E-state index contributed by atoms with van der Waals surface area (Å²) in [4.78, 5) is 26.4. The molecule has 0 aliphatic heterocycles. The number of nitrogens with one attached hydrogen (secondary N) is 1. The highest BCUT2D eigenvalue weighted by Crippen LogP contribution is 2.37. The largest absolute Gasteiger partial charge is 0.329 e. The van der Waals surface area contributed by atoms with Crippen molar-refractivity contribution in [2.45, 2.75) is 37.0 Å². The topological polar surface area (TPSA) is 80.9 Å². The van der Waals surface area contributed by atoms with Crippen LogP contribution in [-0.4, -0.2) is 20.8 Å². The van der Waals surface area contributed by atoms with Crippen molar-refractivity contribution in [1.29, 1.82) is 0 Å². The zero-order valence-electron chi connectivity index (χ0n) is 13.4. The molecule has 2 rings (SSSR count). The van der Waals surface area contributed by atoms with Crippen LogP contribution in [0.2, 0.25) is 5.02 Å². The van der Waals surface area contributed by atoms with E-state index >= 15 is 0 Å². The monoisotopic (exact) mass is 353 g/mol. The molecule has 0 aliphatic rings. The van der Waals surface area contributed by atoms with Gasteiger partial charge in [0.15, 0.2) is 0 Å².